The van der Waals surface area contributed by atoms with E-state index in [4.69, 9.17) is 5.11 Å². The topological polar surface area (TPSA) is 23.5 Å². The van der Waals surface area contributed by atoms with Crippen molar-refractivity contribution in [3.8, 4) is 11.8 Å². The van der Waals surface area contributed by atoms with Gasteiger partial charge in [-0.1, -0.05) is 25.7 Å². The van der Waals surface area contributed by atoms with Crippen molar-refractivity contribution in [1.29, 1.82) is 0 Å². The highest BCUT2D eigenvalue weighted by atomic mass is 32.1. The molecule has 1 aromatic heterocycles. The number of thiophene rings is 1. The molecular weight excluding hydrogens is 254 g/mol. The molecule has 0 aliphatic heterocycles. The highest BCUT2D eigenvalue weighted by Crippen LogP contribution is 2.30. The van der Waals surface area contributed by atoms with Crippen molar-refractivity contribution in [2.24, 2.45) is 5.92 Å². The van der Waals surface area contributed by atoms with Crippen LogP contribution in [0.1, 0.15) is 42.9 Å². The van der Waals surface area contributed by atoms with Crippen LogP contribution in [0.5, 0.6) is 0 Å². The molecule has 1 aliphatic carbocycles. The highest BCUT2D eigenvalue weighted by molar-refractivity contribution is 7.12. The van der Waals surface area contributed by atoms with Gasteiger partial charge in [-0.05, 0) is 30.9 Å². The van der Waals surface area contributed by atoms with Crippen molar-refractivity contribution < 1.29 is 5.11 Å². The van der Waals surface area contributed by atoms with Gasteiger partial charge < -0.3 is 5.11 Å². The summed E-state index contributed by atoms with van der Waals surface area (Å²) >= 11 is 1.79. The molecule has 1 aliphatic rings. The van der Waals surface area contributed by atoms with E-state index >= 15 is 0 Å². The molecule has 1 heterocycles. The van der Waals surface area contributed by atoms with E-state index in [1.54, 1.807) is 11.3 Å². The van der Waals surface area contributed by atoms with Crippen LogP contribution < -0.4 is 0 Å². The molecule has 104 valence electrons. The van der Waals surface area contributed by atoms with E-state index in [-0.39, 0.29) is 6.61 Å². The van der Waals surface area contributed by atoms with Crippen molar-refractivity contribution in [2.75, 3.05) is 13.2 Å². The standard InChI is InChI=1S/C16H23NOS/c1-13(2)11-17(14-6-7-14)12-16-9-8-15(19-16)5-3-4-10-18/h8-9,13-14,18H,4,6-7,10-12H2,1-2H3. The summed E-state index contributed by atoms with van der Waals surface area (Å²) in [7, 11) is 0. The van der Waals surface area contributed by atoms with Gasteiger partial charge in [-0.2, -0.15) is 0 Å². The van der Waals surface area contributed by atoms with E-state index in [0.717, 1.165) is 23.4 Å². The molecule has 0 spiro atoms. The zero-order chi connectivity index (χ0) is 13.7. The van der Waals surface area contributed by atoms with Gasteiger partial charge in [-0.3, -0.25) is 4.90 Å². The highest BCUT2D eigenvalue weighted by Gasteiger charge is 2.29. The number of hydrogen-bond acceptors (Lipinski definition) is 3. The molecule has 0 amide bonds. The van der Waals surface area contributed by atoms with Crippen LogP contribution in [0.3, 0.4) is 0 Å². The van der Waals surface area contributed by atoms with Gasteiger partial charge in [-0.25, -0.2) is 0 Å². The normalized spacial score (nSPS) is 14.8. The van der Waals surface area contributed by atoms with Gasteiger partial charge >= 0.3 is 0 Å². The summed E-state index contributed by atoms with van der Waals surface area (Å²) in [5, 5.41) is 8.71. The smallest absolute Gasteiger partial charge is 0.0771 e. The molecule has 0 unspecified atom stereocenters. The maximum atomic E-state index is 8.71. The van der Waals surface area contributed by atoms with Crippen LogP contribution in [-0.2, 0) is 6.54 Å². The Morgan fingerprint density at radius 1 is 1.42 bits per heavy atom. The van der Waals surface area contributed by atoms with Gasteiger partial charge in [0.25, 0.3) is 0 Å². The van der Waals surface area contributed by atoms with E-state index < -0.39 is 0 Å². The molecule has 0 bridgehead atoms. The van der Waals surface area contributed by atoms with Gasteiger partial charge in [0.15, 0.2) is 0 Å². The lowest BCUT2D eigenvalue weighted by Crippen LogP contribution is -2.29. The van der Waals surface area contributed by atoms with Crippen LogP contribution >= 0.6 is 11.3 Å². The molecule has 0 radical (unpaired) electrons. The Hall–Kier alpha value is -0.820. The Bertz CT molecular complexity index is 451. The van der Waals surface area contributed by atoms with E-state index in [9.17, 15) is 0 Å². The average molecular weight is 277 g/mol. The summed E-state index contributed by atoms with van der Waals surface area (Å²) < 4.78 is 0. The number of aliphatic hydroxyl groups excluding tert-OH is 1. The summed E-state index contributed by atoms with van der Waals surface area (Å²) in [6.45, 7) is 6.98. The third-order valence-corrected chi connectivity index (χ3v) is 4.12. The van der Waals surface area contributed by atoms with E-state index in [2.05, 4.69) is 42.7 Å². The Morgan fingerprint density at radius 3 is 2.84 bits per heavy atom. The number of aliphatic hydroxyl groups is 1. The van der Waals surface area contributed by atoms with Crippen LogP contribution in [0.25, 0.3) is 0 Å². The molecular formula is C16H23NOS. The van der Waals surface area contributed by atoms with Gasteiger partial charge in [0.1, 0.15) is 0 Å². The first-order valence-corrected chi connectivity index (χ1v) is 7.93. The molecule has 0 saturated heterocycles. The zero-order valence-corrected chi connectivity index (χ0v) is 12.7. The lowest BCUT2D eigenvalue weighted by molar-refractivity contribution is 0.228. The maximum absolute atomic E-state index is 8.71. The molecule has 0 atom stereocenters. The summed E-state index contributed by atoms with van der Waals surface area (Å²) in [6, 6.07) is 5.11. The monoisotopic (exact) mass is 277 g/mol. The Morgan fingerprint density at radius 2 is 2.21 bits per heavy atom. The van der Waals surface area contributed by atoms with E-state index in [1.165, 1.54) is 24.3 Å². The van der Waals surface area contributed by atoms with Crippen LogP contribution in [0.15, 0.2) is 12.1 Å². The second kappa shape index (κ2) is 7.09. The average Bonchev–Trinajstić information content (AvgIpc) is 3.11. The minimum absolute atomic E-state index is 0.148. The van der Waals surface area contributed by atoms with Gasteiger partial charge in [0.05, 0.1) is 11.5 Å². The van der Waals surface area contributed by atoms with Crippen molar-refractivity contribution >= 4 is 11.3 Å². The van der Waals surface area contributed by atoms with Crippen molar-refractivity contribution in [3.05, 3.63) is 21.9 Å². The maximum Gasteiger partial charge on any atom is 0.0771 e. The molecule has 3 heteroatoms. The van der Waals surface area contributed by atoms with E-state index in [1.807, 2.05) is 0 Å². The fraction of sp³-hybridized carbons (Fsp3) is 0.625. The predicted molar refractivity (Wildman–Crippen MR) is 81.2 cm³/mol. The lowest BCUT2D eigenvalue weighted by atomic mass is 10.2. The number of nitrogens with zero attached hydrogens (tertiary/aromatic N) is 1. The minimum Gasteiger partial charge on any atom is -0.395 e. The molecule has 19 heavy (non-hydrogen) atoms. The van der Waals surface area contributed by atoms with Crippen LogP contribution in [0.4, 0.5) is 0 Å². The number of hydrogen-bond donors (Lipinski definition) is 1. The van der Waals surface area contributed by atoms with Gasteiger partial charge in [0.2, 0.25) is 0 Å². The summed E-state index contributed by atoms with van der Waals surface area (Å²) in [6.07, 6.45) is 3.29. The minimum atomic E-state index is 0.148. The third-order valence-electron chi connectivity index (χ3n) is 3.13. The molecule has 2 rings (SSSR count). The first-order chi connectivity index (χ1) is 9.19. The fourth-order valence-electron chi connectivity index (χ4n) is 2.19. The lowest BCUT2D eigenvalue weighted by Gasteiger charge is -2.23. The fourth-order valence-corrected chi connectivity index (χ4v) is 3.10. The predicted octanol–water partition coefficient (Wildman–Crippen LogP) is 3.10. The first kappa shape index (κ1) is 14.6. The van der Waals surface area contributed by atoms with Gasteiger partial charge in [-0.15, -0.1) is 11.3 Å². The molecule has 1 saturated carbocycles. The second-order valence-electron chi connectivity index (χ2n) is 5.60. The summed E-state index contributed by atoms with van der Waals surface area (Å²) in [4.78, 5) is 5.13. The third kappa shape index (κ3) is 4.99. The van der Waals surface area contributed by atoms with Crippen molar-refractivity contribution in [1.82, 2.24) is 4.90 Å². The molecule has 1 aromatic rings. The SMILES string of the molecule is CC(C)CN(Cc1ccc(C#CCCO)s1)C1CC1. The van der Waals surface area contributed by atoms with Gasteiger partial charge in [0, 0.05) is 30.4 Å². The second-order valence-corrected chi connectivity index (χ2v) is 6.76. The van der Waals surface area contributed by atoms with Crippen LogP contribution in [0, 0.1) is 17.8 Å². The summed E-state index contributed by atoms with van der Waals surface area (Å²) in [5.41, 5.74) is 0. The van der Waals surface area contributed by atoms with Crippen molar-refractivity contribution in [2.45, 2.75) is 45.7 Å². The molecule has 0 aromatic carbocycles. The molecule has 1 fully saturated rings. The first-order valence-electron chi connectivity index (χ1n) is 7.11. The van der Waals surface area contributed by atoms with Crippen LogP contribution in [0.2, 0.25) is 0 Å². The van der Waals surface area contributed by atoms with Crippen LogP contribution in [-0.4, -0.2) is 29.2 Å². The number of rotatable bonds is 6. The largest absolute Gasteiger partial charge is 0.395 e. The van der Waals surface area contributed by atoms with Crippen molar-refractivity contribution in [3.63, 3.8) is 0 Å². The van der Waals surface area contributed by atoms with E-state index in [0.29, 0.717) is 6.42 Å². The summed E-state index contributed by atoms with van der Waals surface area (Å²) in [5.74, 6) is 6.82. The zero-order valence-electron chi connectivity index (χ0n) is 11.9. The quantitative estimate of drug-likeness (QED) is 0.808. The Labute approximate surface area is 120 Å². The Kier molecular flexibility index (Phi) is 5.45. The Balaban J connectivity index is 1.92. The molecule has 2 nitrogen and oxygen atoms in total. The molecule has 1 N–H and O–H groups in total.